The Hall–Kier alpha value is -2.53. The third-order valence-corrected chi connectivity index (χ3v) is 5.18. The monoisotopic (exact) mass is 335 g/mol. The van der Waals surface area contributed by atoms with Gasteiger partial charge in [0.1, 0.15) is 0 Å². The molecule has 0 unspecified atom stereocenters. The average molecular weight is 335 g/mol. The van der Waals surface area contributed by atoms with Crippen LogP contribution in [0, 0.1) is 0 Å². The second-order valence-electron chi connectivity index (χ2n) is 5.64. The van der Waals surface area contributed by atoms with Crippen molar-refractivity contribution in [2.24, 2.45) is 0 Å². The predicted octanol–water partition coefficient (Wildman–Crippen LogP) is 4.01. The van der Waals surface area contributed by atoms with Crippen molar-refractivity contribution >= 4 is 23.4 Å². The normalized spacial score (nSPS) is 14.1. The summed E-state index contributed by atoms with van der Waals surface area (Å²) in [5.74, 6) is 1.04. The number of thioether (sulfide) groups is 1. The van der Waals surface area contributed by atoms with Crippen molar-refractivity contribution in [3.05, 3.63) is 72.6 Å². The number of carbonyl (C=O) groups is 1. The summed E-state index contributed by atoms with van der Waals surface area (Å²) in [5.41, 5.74) is 2.56. The molecule has 4 nitrogen and oxygen atoms in total. The molecular weight excluding hydrogens is 318 g/mol. The van der Waals surface area contributed by atoms with Gasteiger partial charge in [0.2, 0.25) is 0 Å². The van der Waals surface area contributed by atoms with Crippen LogP contribution in [0.25, 0.3) is 5.69 Å². The molecule has 2 aromatic carbocycles. The van der Waals surface area contributed by atoms with Crippen molar-refractivity contribution in [1.29, 1.82) is 0 Å². The van der Waals surface area contributed by atoms with Gasteiger partial charge in [-0.2, -0.15) is 5.10 Å². The Bertz CT molecular complexity index is 860. The molecule has 0 N–H and O–H groups in total. The molecule has 0 saturated heterocycles. The van der Waals surface area contributed by atoms with E-state index in [4.69, 9.17) is 0 Å². The van der Waals surface area contributed by atoms with Crippen molar-refractivity contribution in [3.8, 4) is 5.69 Å². The van der Waals surface area contributed by atoms with Crippen molar-refractivity contribution in [3.63, 3.8) is 0 Å². The highest BCUT2D eigenvalue weighted by atomic mass is 32.2. The van der Waals surface area contributed by atoms with Gasteiger partial charge in [-0.05, 0) is 36.4 Å². The van der Waals surface area contributed by atoms with Crippen LogP contribution in [-0.2, 0) is 0 Å². The number of aromatic nitrogens is 2. The van der Waals surface area contributed by atoms with E-state index in [9.17, 15) is 4.79 Å². The van der Waals surface area contributed by atoms with Crippen LogP contribution in [-0.4, -0.2) is 28.0 Å². The van der Waals surface area contributed by atoms with Gasteiger partial charge >= 0.3 is 0 Å². The first-order valence-corrected chi connectivity index (χ1v) is 8.95. The Labute approximate surface area is 145 Å². The number of carbonyl (C=O) groups excluding carboxylic acids is 1. The van der Waals surface area contributed by atoms with E-state index in [0.717, 1.165) is 30.1 Å². The molecular formula is C19H17N3OS. The van der Waals surface area contributed by atoms with Gasteiger partial charge in [-0.3, -0.25) is 4.79 Å². The minimum absolute atomic E-state index is 0.00660. The minimum Gasteiger partial charge on any atom is -0.307 e. The lowest BCUT2D eigenvalue weighted by atomic mass is 10.2. The number of amides is 1. The van der Waals surface area contributed by atoms with Crippen LogP contribution >= 0.6 is 11.8 Å². The highest BCUT2D eigenvalue weighted by molar-refractivity contribution is 7.99. The summed E-state index contributed by atoms with van der Waals surface area (Å²) in [6.45, 7) is 0.735. The first-order valence-electron chi connectivity index (χ1n) is 7.97. The lowest BCUT2D eigenvalue weighted by molar-refractivity contribution is 0.0986. The molecule has 0 radical (unpaired) electrons. The molecule has 120 valence electrons. The SMILES string of the molecule is O=C(c1cnn(-c2ccccc2)c1)N1CCCSc2ccccc21. The second-order valence-corrected chi connectivity index (χ2v) is 6.77. The van der Waals surface area contributed by atoms with Crippen molar-refractivity contribution in [2.75, 3.05) is 17.2 Å². The van der Waals surface area contributed by atoms with E-state index in [1.807, 2.05) is 65.2 Å². The van der Waals surface area contributed by atoms with E-state index in [2.05, 4.69) is 11.2 Å². The zero-order valence-corrected chi connectivity index (χ0v) is 13.9. The van der Waals surface area contributed by atoms with Crippen molar-refractivity contribution < 1.29 is 4.79 Å². The van der Waals surface area contributed by atoms with Crippen LogP contribution in [0.4, 0.5) is 5.69 Å². The van der Waals surface area contributed by atoms with Crippen LogP contribution in [0.5, 0.6) is 0 Å². The summed E-state index contributed by atoms with van der Waals surface area (Å²) in [4.78, 5) is 16.1. The van der Waals surface area contributed by atoms with Gasteiger partial charge in [-0.25, -0.2) is 4.68 Å². The number of para-hydroxylation sites is 2. The largest absolute Gasteiger partial charge is 0.307 e. The van der Waals surface area contributed by atoms with E-state index < -0.39 is 0 Å². The molecule has 0 saturated carbocycles. The third kappa shape index (κ3) is 2.83. The Kier molecular flexibility index (Phi) is 4.09. The fourth-order valence-corrected chi connectivity index (χ4v) is 3.84. The van der Waals surface area contributed by atoms with E-state index in [1.54, 1.807) is 17.1 Å². The molecule has 1 aliphatic heterocycles. The first-order chi connectivity index (χ1) is 11.8. The molecule has 24 heavy (non-hydrogen) atoms. The Balaban J connectivity index is 1.66. The van der Waals surface area contributed by atoms with Crippen LogP contribution < -0.4 is 4.90 Å². The van der Waals surface area contributed by atoms with Gasteiger partial charge in [0, 0.05) is 17.6 Å². The molecule has 1 aromatic heterocycles. The highest BCUT2D eigenvalue weighted by Gasteiger charge is 2.23. The molecule has 3 aromatic rings. The average Bonchev–Trinajstić information content (AvgIpc) is 3.03. The van der Waals surface area contributed by atoms with Gasteiger partial charge in [0.05, 0.1) is 23.1 Å². The lowest BCUT2D eigenvalue weighted by Gasteiger charge is -2.21. The Morgan fingerprint density at radius 3 is 2.71 bits per heavy atom. The van der Waals surface area contributed by atoms with Gasteiger partial charge in [-0.1, -0.05) is 30.3 Å². The van der Waals surface area contributed by atoms with Crippen molar-refractivity contribution in [2.45, 2.75) is 11.3 Å². The number of hydrogen-bond acceptors (Lipinski definition) is 3. The van der Waals surface area contributed by atoms with Gasteiger partial charge in [0.15, 0.2) is 0 Å². The molecule has 0 fully saturated rings. The fraction of sp³-hybridized carbons (Fsp3) is 0.158. The maximum Gasteiger partial charge on any atom is 0.261 e. The lowest BCUT2D eigenvalue weighted by Crippen LogP contribution is -2.31. The van der Waals surface area contributed by atoms with Crippen LogP contribution in [0.3, 0.4) is 0 Å². The van der Waals surface area contributed by atoms with Gasteiger partial charge in [-0.15, -0.1) is 11.8 Å². The summed E-state index contributed by atoms with van der Waals surface area (Å²) in [6.07, 6.45) is 4.44. The zero-order chi connectivity index (χ0) is 16.4. The molecule has 0 aliphatic carbocycles. The van der Waals surface area contributed by atoms with E-state index in [1.165, 1.54) is 4.90 Å². The quantitative estimate of drug-likeness (QED) is 0.710. The number of rotatable bonds is 2. The number of fused-ring (bicyclic) bond motifs is 1. The van der Waals surface area contributed by atoms with Crippen LogP contribution in [0.15, 0.2) is 71.9 Å². The molecule has 5 heteroatoms. The molecule has 4 rings (SSSR count). The molecule has 0 bridgehead atoms. The predicted molar refractivity (Wildman–Crippen MR) is 97.0 cm³/mol. The Morgan fingerprint density at radius 2 is 1.83 bits per heavy atom. The number of benzene rings is 2. The molecule has 0 spiro atoms. The molecule has 0 atom stereocenters. The number of anilines is 1. The van der Waals surface area contributed by atoms with Gasteiger partial charge in [0.25, 0.3) is 5.91 Å². The molecule has 1 amide bonds. The minimum atomic E-state index is 0.00660. The topological polar surface area (TPSA) is 38.1 Å². The summed E-state index contributed by atoms with van der Waals surface area (Å²) >= 11 is 1.81. The van der Waals surface area contributed by atoms with Crippen molar-refractivity contribution in [1.82, 2.24) is 9.78 Å². The maximum absolute atomic E-state index is 13.0. The summed E-state index contributed by atoms with van der Waals surface area (Å²) in [7, 11) is 0. The smallest absolute Gasteiger partial charge is 0.261 e. The summed E-state index contributed by atoms with van der Waals surface area (Å²) < 4.78 is 1.74. The maximum atomic E-state index is 13.0. The van der Waals surface area contributed by atoms with E-state index in [0.29, 0.717) is 5.56 Å². The highest BCUT2D eigenvalue weighted by Crippen LogP contribution is 2.34. The molecule has 2 heterocycles. The zero-order valence-electron chi connectivity index (χ0n) is 13.1. The van der Waals surface area contributed by atoms with E-state index >= 15 is 0 Å². The second kappa shape index (κ2) is 6.53. The fourth-order valence-electron chi connectivity index (χ4n) is 2.85. The van der Waals surface area contributed by atoms with Crippen LogP contribution in [0.1, 0.15) is 16.8 Å². The Morgan fingerprint density at radius 1 is 1.04 bits per heavy atom. The third-order valence-electron chi connectivity index (χ3n) is 4.04. The van der Waals surface area contributed by atoms with E-state index in [-0.39, 0.29) is 5.91 Å². The van der Waals surface area contributed by atoms with Gasteiger partial charge < -0.3 is 4.90 Å². The first kappa shape index (κ1) is 15.0. The number of nitrogens with zero attached hydrogens (tertiary/aromatic N) is 3. The molecule has 1 aliphatic rings. The summed E-state index contributed by atoms with van der Waals surface area (Å²) in [5, 5.41) is 4.35. The standard InChI is InChI=1S/C19H17N3OS/c23-19(15-13-20-22(14-15)16-7-2-1-3-8-16)21-11-6-12-24-18-10-5-4-9-17(18)21/h1-5,7-10,13-14H,6,11-12H2. The summed E-state index contributed by atoms with van der Waals surface area (Å²) in [6, 6.07) is 17.9. The van der Waals surface area contributed by atoms with Crippen LogP contribution in [0.2, 0.25) is 0 Å². The number of hydrogen-bond donors (Lipinski definition) is 0.